The number of amides is 1. The maximum atomic E-state index is 13.2. The molecule has 13 heteroatoms. The number of carbonyl (C=O) groups is 2. The fourth-order valence-electron chi connectivity index (χ4n) is 4.14. The van der Waals surface area contributed by atoms with Crippen molar-refractivity contribution in [2.24, 2.45) is 0 Å². The van der Waals surface area contributed by atoms with Gasteiger partial charge in [0.05, 0.1) is 25.2 Å². The minimum Gasteiger partial charge on any atom is -0.495 e. The third-order valence-electron chi connectivity index (χ3n) is 5.82. The van der Waals surface area contributed by atoms with Crippen molar-refractivity contribution in [2.45, 2.75) is 58.0 Å². The maximum Gasteiger partial charge on any atom is 0.435 e. The van der Waals surface area contributed by atoms with Gasteiger partial charge in [0.1, 0.15) is 28.2 Å². The topological polar surface area (TPSA) is 95.8 Å². The minimum absolute atomic E-state index is 0.0169. The molecule has 3 aromatic rings. The van der Waals surface area contributed by atoms with Gasteiger partial charge in [-0.05, 0) is 45.9 Å². The van der Waals surface area contributed by atoms with E-state index in [-0.39, 0.29) is 40.9 Å². The van der Waals surface area contributed by atoms with Crippen LogP contribution in [0.25, 0.3) is 16.7 Å². The second-order valence-corrected chi connectivity index (χ2v) is 10.2. The monoisotopic (exact) mass is 554 g/mol. The molecule has 2 aromatic heterocycles. The van der Waals surface area contributed by atoms with Crippen LogP contribution in [0.1, 0.15) is 39.8 Å². The first-order valence-corrected chi connectivity index (χ1v) is 12.0. The molecule has 3 heterocycles. The number of ketones is 1. The molecule has 38 heavy (non-hydrogen) atoms. The second kappa shape index (κ2) is 9.97. The summed E-state index contributed by atoms with van der Waals surface area (Å²) < 4.78 is 57.4. The number of likely N-dealkylation sites (tertiary alicyclic amines) is 1. The largest absolute Gasteiger partial charge is 0.495 e. The molecule has 1 aliphatic heterocycles. The lowest BCUT2D eigenvalue weighted by Gasteiger charge is -2.27. The molecular weight excluding hydrogens is 529 g/mol. The number of aromatic nitrogens is 3. The zero-order valence-electron chi connectivity index (χ0n) is 21.3. The van der Waals surface area contributed by atoms with Crippen LogP contribution < -0.4 is 9.47 Å². The summed E-state index contributed by atoms with van der Waals surface area (Å²) >= 11 is 6.49. The highest BCUT2D eigenvalue weighted by molar-refractivity contribution is 6.36. The molecule has 1 saturated heterocycles. The molecule has 0 unspecified atom stereocenters. The number of ether oxygens (including phenoxy) is 3. The molecule has 1 aliphatic rings. The minimum atomic E-state index is -4.64. The Kier molecular flexibility index (Phi) is 7.21. The smallest absolute Gasteiger partial charge is 0.435 e. The van der Waals surface area contributed by atoms with Crippen molar-refractivity contribution in [2.75, 3.05) is 13.7 Å². The van der Waals surface area contributed by atoms with Gasteiger partial charge >= 0.3 is 12.3 Å². The van der Waals surface area contributed by atoms with Gasteiger partial charge in [-0.3, -0.25) is 9.69 Å². The molecule has 2 atom stereocenters. The van der Waals surface area contributed by atoms with Gasteiger partial charge in [0.25, 0.3) is 0 Å². The van der Waals surface area contributed by atoms with E-state index in [0.717, 1.165) is 16.9 Å². The number of rotatable bonds is 5. The summed E-state index contributed by atoms with van der Waals surface area (Å²) in [6, 6.07) is 4.75. The number of pyridine rings is 1. The van der Waals surface area contributed by atoms with Crippen LogP contribution in [0.4, 0.5) is 18.0 Å². The van der Waals surface area contributed by atoms with E-state index in [1.165, 1.54) is 25.0 Å². The molecule has 0 spiro atoms. The van der Waals surface area contributed by atoms with E-state index < -0.39 is 35.7 Å². The average molecular weight is 555 g/mol. The van der Waals surface area contributed by atoms with E-state index in [0.29, 0.717) is 11.1 Å². The van der Waals surface area contributed by atoms with E-state index in [4.69, 9.17) is 25.8 Å². The summed E-state index contributed by atoms with van der Waals surface area (Å²) in [5, 5.41) is 4.18. The van der Waals surface area contributed by atoms with Crippen LogP contribution in [-0.2, 0) is 15.7 Å². The van der Waals surface area contributed by atoms with Gasteiger partial charge in [-0.25, -0.2) is 14.5 Å². The van der Waals surface area contributed by atoms with Crippen LogP contribution in [0.15, 0.2) is 30.5 Å². The fourth-order valence-corrected chi connectivity index (χ4v) is 4.43. The summed E-state index contributed by atoms with van der Waals surface area (Å²) in [5.74, 6) is 0.325. The Hall–Kier alpha value is -3.54. The summed E-state index contributed by atoms with van der Waals surface area (Å²) in [5.41, 5.74) is -1.64. The number of carbonyl (C=O) groups excluding carboxylic acids is 2. The van der Waals surface area contributed by atoms with Crippen molar-refractivity contribution in [1.82, 2.24) is 19.7 Å². The molecule has 0 aliphatic carbocycles. The van der Waals surface area contributed by atoms with Crippen LogP contribution in [0.3, 0.4) is 0 Å². The Labute approximate surface area is 221 Å². The summed E-state index contributed by atoms with van der Waals surface area (Å²) in [7, 11) is 1.42. The molecule has 0 bridgehead atoms. The number of Topliss-reactive ketones (excluding diaryl/α,β-unsaturated/α-hetero) is 1. The molecule has 0 N–H and O–H groups in total. The quantitative estimate of drug-likeness (QED) is 0.414. The fraction of sp³-hybridized carbons (Fsp3) is 0.440. The van der Waals surface area contributed by atoms with E-state index in [2.05, 4.69) is 10.1 Å². The van der Waals surface area contributed by atoms with Crippen molar-refractivity contribution in [1.29, 1.82) is 0 Å². The molecule has 4 rings (SSSR count). The highest BCUT2D eigenvalue weighted by Gasteiger charge is 2.41. The Balaban J connectivity index is 1.74. The zero-order chi connectivity index (χ0) is 28.0. The zero-order valence-corrected chi connectivity index (χ0v) is 22.1. The molecule has 1 aromatic carbocycles. The van der Waals surface area contributed by atoms with Crippen molar-refractivity contribution < 1.29 is 37.0 Å². The third-order valence-corrected chi connectivity index (χ3v) is 6.19. The Bertz CT molecular complexity index is 1390. The number of hydrogen-bond donors (Lipinski definition) is 0. The van der Waals surface area contributed by atoms with Gasteiger partial charge in [0, 0.05) is 24.1 Å². The first-order valence-electron chi connectivity index (χ1n) is 11.6. The van der Waals surface area contributed by atoms with Gasteiger partial charge in [0.15, 0.2) is 17.3 Å². The van der Waals surface area contributed by atoms with E-state index in [1.54, 1.807) is 32.9 Å². The highest BCUT2D eigenvalue weighted by atomic mass is 35.5. The molecule has 0 radical (unpaired) electrons. The molecular formula is C25H26ClF3N4O5. The van der Waals surface area contributed by atoms with Crippen LogP contribution >= 0.6 is 11.6 Å². The van der Waals surface area contributed by atoms with Gasteiger partial charge in [-0.2, -0.15) is 18.3 Å². The molecule has 9 nitrogen and oxygen atoms in total. The van der Waals surface area contributed by atoms with Crippen LogP contribution in [-0.4, -0.2) is 62.9 Å². The maximum absolute atomic E-state index is 13.2. The summed E-state index contributed by atoms with van der Waals surface area (Å²) in [6.45, 7) is 6.61. The number of nitrogens with zero attached hydrogens (tertiary/aromatic N) is 4. The standard InChI is InChI=1S/C25H26ClF3N4O5/c1-13(34)16-10-14(12-32(16)23(35)38-24(2,3)4)37-18-11-20(33-9-8-19(31-33)25(27,28)29)30-22-15(18)6-7-17(36-5)21(22)26/h6-9,11,14,16H,10,12H2,1-5H3/t14-,16-/m0/s1. The Morgan fingerprint density at radius 1 is 1.13 bits per heavy atom. The van der Waals surface area contributed by atoms with E-state index in [9.17, 15) is 22.8 Å². The molecule has 0 saturated carbocycles. The van der Waals surface area contributed by atoms with E-state index in [1.807, 2.05) is 0 Å². The lowest BCUT2D eigenvalue weighted by molar-refractivity contribution is -0.141. The molecule has 1 amide bonds. The van der Waals surface area contributed by atoms with Crippen molar-refractivity contribution in [3.8, 4) is 17.3 Å². The van der Waals surface area contributed by atoms with Crippen LogP contribution in [0.5, 0.6) is 11.5 Å². The number of benzene rings is 1. The normalized spacial score (nSPS) is 18.1. The van der Waals surface area contributed by atoms with E-state index >= 15 is 0 Å². The van der Waals surface area contributed by atoms with Gasteiger partial charge in [-0.1, -0.05) is 11.6 Å². The second-order valence-electron chi connectivity index (χ2n) is 9.83. The van der Waals surface area contributed by atoms with Crippen LogP contribution in [0, 0.1) is 0 Å². The number of fused-ring (bicyclic) bond motifs is 1. The summed E-state index contributed by atoms with van der Waals surface area (Å²) in [6.07, 6.45) is -4.59. The number of halogens is 4. The van der Waals surface area contributed by atoms with Gasteiger partial charge in [-0.15, -0.1) is 0 Å². The van der Waals surface area contributed by atoms with Gasteiger partial charge in [0.2, 0.25) is 0 Å². The van der Waals surface area contributed by atoms with Gasteiger partial charge < -0.3 is 14.2 Å². The lowest BCUT2D eigenvalue weighted by Crippen LogP contribution is -2.43. The predicted octanol–water partition coefficient (Wildman–Crippen LogP) is 5.45. The molecule has 204 valence electrons. The van der Waals surface area contributed by atoms with Crippen molar-refractivity contribution in [3.05, 3.63) is 41.2 Å². The number of methoxy groups -OCH3 is 1. The first kappa shape index (κ1) is 27.5. The lowest BCUT2D eigenvalue weighted by atomic mass is 10.1. The number of hydrogen-bond acceptors (Lipinski definition) is 7. The third kappa shape index (κ3) is 5.64. The Morgan fingerprint density at radius 2 is 1.84 bits per heavy atom. The summed E-state index contributed by atoms with van der Waals surface area (Å²) in [4.78, 5) is 30.8. The number of alkyl halides is 3. The Morgan fingerprint density at radius 3 is 2.42 bits per heavy atom. The average Bonchev–Trinajstić information content (AvgIpc) is 3.46. The van der Waals surface area contributed by atoms with Crippen LogP contribution in [0.2, 0.25) is 5.02 Å². The molecule has 1 fully saturated rings. The van der Waals surface area contributed by atoms with Crippen molar-refractivity contribution in [3.63, 3.8) is 0 Å². The highest BCUT2D eigenvalue weighted by Crippen LogP contribution is 2.38. The SMILES string of the molecule is COc1ccc2c(O[C@H]3C[C@@H](C(C)=O)N(C(=O)OC(C)(C)C)C3)cc(-n3ccc(C(F)(F)F)n3)nc2c1Cl. The van der Waals surface area contributed by atoms with Crippen molar-refractivity contribution >= 4 is 34.4 Å². The first-order chi connectivity index (χ1) is 17.7. The predicted molar refractivity (Wildman–Crippen MR) is 132 cm³/mol.